The molecule has 2 heteroatoms. The number of aryl methyl sites for hydroxylation is 1. The molecule has 0 aliphatic heterocycles. The van der Waals surface area contributed by atoms with Crippen LogP contribution in [0.1, 0.15) is 22.7 Å². The standard InChI is InChI=1S/C18H17NO/c1-12-6-8-14(9-7-12)17(19)16-11-10-13-4-2-3-5-15(13)18(16)20/h2-11,17,20H,19H2,1H3/t17-/m0/s1. The zero-order valence-electron chi connectivity index (χ0n) is 11.4. The minimum Gasteiger partial charge on any atom is -0.507 e. The highest BCUT2D eigenvalue weighted by molar-refractivity contribution is 5.89. The molecule has 1 atom stereocenters. The largest absolute Gasteiger partial charge is 0.507 e. The van der Waals surface area contributed by atoms with Crippen LogP contribution in [0.4, 0.5) is 0 Å². The summed E-state index contributed by atoms with van der Waals surface area (Å²) < 4.78 is 0. The second kappa shape index (κ2) is 4.99. The fraction of sp³-hybridized carbons (Fsp3) is 0.111. The van der Waals surface area contributed by atoms with E-state index in [0.717, 1.165) is 21.9 Å². The van der Waals surface area contributed by atoms with Crippen molar-refractivity contribution in [1.29, 1.82) is 0 Å². The Kier molecular flexibility index (Phi) is 3.17. The van der Waals surface area contributed by atoms with Crippen LogP contribution in [0.5, 0.6) is 5.75 Å². The molecule has 0 saturated heterocycles. The van der Waals surface area contributed by atoms with E-state index >= 15 is 0 Å². The molecule has 0 bridgehead atoms. The normalized spacial score (nSPS) is 12.5. The predicted molar refractivity (Wildman–Crippen MR) is 82.8 cm³/mol. The summed E-state index contributed by atoms with van der Waals surface area (Å²) >= 11 is 0. The molecule has 3 N–H and O–H groups in total. The van der Waals surface area contributed by atoms with Crippen molar-refractivity contribution in [3.05, 3.63) is 77.4 Å². The van der Waals surface area contributed by atoms with E-state index < -0.39 is 0 Å². The molecule has 0 unspecified atom stereocenters. The van der Waals surface area contributed by atoms with Gasteiger partial charge in [0.15, 0.2) is 0 Å². The molecule has 0 saturated carbocycles. The highest BCUT2D eigenvalue weighted by Crippen LogP contribution is 2.34. The van der Waals surface area contributed by atoms with E-state index in [1.807, 2.05) is 67.6 Å². The zero-order chi connectivity index (χ0) is 14.1. The number of benzene rings is 3. The second-order valence-electron chi connectivity index (χ2n) is 5.11. The van der Waals surface area contributed by atoms with Gasteiger partial charge in [-0.1, -0.05) is 66.2 Å². The van der Waals surface area contributed by atoms with Gasteiger partial charge in [0.1, 0.15) is 5.75 Å². The maximum absolute atomic E-state index is 10.5. The Balaban J connectivity index is 2.09. The maximum Gasteiger partial charge on any atom is 0.128 e. The van der Waals surface area contributed by atoms with E-state index in [-0.39, 0.29) is 11.8 Å². The van der Waals surface area contributed by atoms with Crippen molar-refractivity contribution in [2.75, 3.05) is 0 Å². The summed E-state index contributed by atoms with van der Waals surface area (Å²) in [5.74, 6) is 0.274. The van der Waals surface area contributed by atoms with Crippen molar-refractivity contribution in [2.45, 2.75) is 13.0 Å². The number of aromatic hydroxyl groups is 1. The monoisotopic (exact) mass is 263 g/mol. The molecule has 3 aromatic carbocycles. The third-order valence-corrected chi connectivity index (χ3v) is 3.70. The van der Waals surface area contributed by atoms with Gasteiger partial charge in [0.05, 0.1) is 6.04 Å². The van der Waals surface area contributed by atoms with Gasteiger partial charge in [-0.25, -0.2) is 0 Å². The van der Waals surface area contributed by atoms with E-state index in [0.29, 0.717) is 0 Å². The number of nitrogens with two attached hydrogens (primary N) is 1. The summed E-state index contributed by atoms with van der Waals surface area (Å²) in [6.45, 7) is 2.04. The molecule has 100 valence electrons. The molecule has 3 aromatic rings. The third-order valence-electron chi connectivity index (χ3n) is 3.70. The first kappa shape index (κ1) is 12.7. The van der Waals surface area contributed by atoms with Crippen LogP contribution >= 0.6 is 0 Å². The Hall–Kier alpha value is -2.32. The number of fused-ring (bicyclic) bond motifs is 1. The summed E-state index contributed by atoms with van der Waals surface area (Å²) in [6.07, 6.45) is 0. The van der Waals surface area contributed by atoms with E-state index in [2.05, 4.69) is 0 Å². The predicted octanol–water partition coefficient (Wildman–Crippen LogP) is 3.90. The number of hydrogen-bond donors (Lipinski definition) is 2. The summed E-state index contributed by atoms with van der Waals surface area (Å²) in [5, 5.41) is 12.3. The first-order chi connectivity index (χ1) is 9.66. The second-order valence-corrected chi connectivity index (χ2v) is 5.11. The zero-order valence-corrected chi connectivity index (χ0v) is 11.4. The quantitative estimate of drug-likeness (QED) is 0.736. The lowest BCUT2D eigenvalue weighted by Gasteiger charge is -2.16. The Morgan fingerprint density at radius 3 is 2.35 bits per heavy atom. The van der Waals surface area contributed by atoms with Gasteiger partial charge in [0, 0.05) is 10.9 Å². The highest BCUT2D eigenvalue weighted by Gasteiger charge is 2.14. The van der Waals surface area contributed by atoms with Crippen molar-refractivity contribution in [2.24, 2.45) is 5.73 Å². The lowest BCUT2D eigenvalue weighted by atomic mass is 9.95. The van der Waals surface area contributed by atoms with Crippen LogP contribution in [0.2, 0.25) is 0 Å². The maximum atomic E-state index is 10.5. The first-order valence-corrected chi connectivity index (χ1v) is 6.69. The summed E-state index contributed by atoms with van der Waals surface area (Å²) in [6, 6.07) is 19.4. The number of phenols is 1. The van der Waals surface area contributed by atoms with Gasteiger partial charge in [-0.2, -0.15) is 0 Å². The van der Waals surface area contributed by atoms with Gasteiger partial charge >= 0.3 is 0 Å². The minimum absolute atomic E-state index is 0.274. The van der Waals surface area contributed by atoms with Crippen LogP contribution in [0.3, 0.4) is 0 Å². The topological polar surface area (TPSA) is 46.2 Å². The average Bonchev–Trinajstić information content (AvgIpc) is 2.48. The fourth-order valence-corrected chi connectivity index (χ4v) is 2.48. The van der Waals surface area contributed by atoms with Gasteiger partial charge in [0.25, 0.3) is 0 Å². The van der Waals surface area contributed by atoms with Crippen LogP contribution in [0, 0.1) is 6.92 Å². The smallest absolute Gasteiger partial charge is 0.128 e. The lowest BCUT2D eigenvalue weighted by molar-refractivity contribution is 0.472. The first-order valence-electron chi connectivity index (χ1n) is 6.69. The van der Waals surface area contributed by atoms with Gasteiger partial charge in [-0.3, -0.25) is 0 Å². The molecule has 0 radical (unpaired) electrons. The molecular formula is C18H17NO. The van der Waals surface area contributed by atoms with E-state index in [1.165, 1.54) is 5.56 Å². The third kappa shape index (κ3) is 2.15. The SMILES string of the molecule is Cc1ccc([C@H](N)c2ccc3ccccc3c2O)cc1. The van der Waals surface area contributed by atoms with Crippen molar-refractivity contribution < 1.29 is 5.11 Å². The van der Waals surface area contributed by atoms with Gasteiger partial charge in [0.2, 0.25) is 0 Å². The molecule has 0 aliphatic rings. The molecule has 20 heavy (non-hydrogen) atoms. The average molecular weight is 263 g/mol. The van der Waals surface area contributed by atoms with Gasteiger partial charge in [-0.15, -0.1) is 0 Å². The molecule has 3 rings (SSSR count). The summed E-state index contributed by atoms with van der Waals surface area (Å²) in [4.78, 5) is 0. The highest BCUT2D eigenvalue weighted by atomic mass is 16.3. The molecule has 0 aromatic heterocycles. The Bertz CT molecular complexity index is 747. The molecular weight excluding hydrogens is 246 g/mol. The Labute approximate surface area is 118 Å². The fourth-order valence-electron chi connectivity index (χ4n) is 2.48. The number of rotatable bonds is 2. The van der Waals surface area contributed by atoms with Crippen LogP contribution in [-0.4, -0.2) is 5.11 Å². The lowest BCUT2D eigenvalue weighted by Crippen LogP contribution is -2.12. The van der Waals surface area contributed by atoms with Crippen LogP contribution < -0.4 is 5.73 Å². The Morgan fingerprint density at radius 1 is 0.900 bits per heavy atom. The molecule has 0 fully saturated rings. The molecule has 0 spiro atoms. The Morgan fingerprint density at radius 2 is 1.60 bits per heavy atom. The molecule has 0 amide bonds. The molecule has 2 nitrogen and oxygen atoms in total. The van der Waals surface area contributed by atoms with Crippen molar-refractivity contribution >= 4 is 10.8 Å². The van der Waals surface area contributed by atoms with Crippen molar-refractivity contribution in [3.8, 4) is 5.75 Å². The van der Waals surface area contributed by atoms with E-state index in [1.54, 1.807) is 0 Å². The van der Waals surface area contributed by atoms with Crippen LogP contribution in [0.15, 0.2) is 60.7 Å². The van der Waals surface area contributed by atoms with Crippen LogP contribution in [-0.2, 0) is 0 Å². The minimum atomic E-state index is -0.319. The van der Waals surface area contributed by atoms with Crippen LogP contribution in [0.25, 0.3) is 10.8 Å². The van der Waals surface area contributed by atoms with E-state index in [9.17, 15) is 5.11 Å². The van der Waals surface area contributed by atoms with Crippen molar-refractivity contribution in [3.63, 3.8) is 0 Å². The number of hydrogen-bond acceptors (Lipinski definition) is 2. The van der Waals surface area contributed by atoms with Gasteiger partial charge in [-0.05, 0) is 17.9 Å². The molecule has 0 aliphatic carbocycles. The summed E-state index contributed by atoms with van der Waals surface area (Å²) in [5.41, 5.74) is 9.25. The summed E-state index contributed by atoms with van der Waals surface area (Å²) in [7, 11) is 0. The van der Waals surface area contributed by atoms with E-state index in [4.69, 9.17) is 5.73 Å². The van der Waals surface area contributed by atoms with Crippen molar-refractivity contribution in [1.82, 2.24) is 0 Å². The number of phenolic OH excluding ortho intramolecular Hbond substituents is 1. The molecule has 0 heterocycles. The van der Waals surface area contributed by atoms with Gasteiger partial charge < -0.3 is 10.8 Å².